The van der Waals surface area contributed by atoms with Crippen LogP contribution in [-0.2, 0) is 6.42 Å². The lowest BCUT2D eigenvalue weighted by Crippen LogP contribution is -2.23. The first-order chi connectivity index (χ1) is 10.0. The second kappa shape index (κ2) is 7.73. The third-order valence-corrected chi connectivity index (χ3v) is 4.97. The molecule has 1 nitrogen and oxygen atoms in total. The van der Waals surface area contributed by atoms with Gasteiger partial charge in [-0.15, -0.1) is 0 Å². The van der Waals surface area contributed by atoms with E-state index in [1.54, 1.807) is 6.07 Å². The van der Waals surface area contributed by atoms with Crippen molar-refractivity contribution in [3.05, 3.63) is 67.3 Å². The van der Waals surface area contributed by atoms with Crippen LogP contribution in [0.3, 0.4) is 0 Å². The van der Waals surface area contributed by atoms with E-state index in [1.165, 1.54) is 6.07 Å². The van der Waals surface area contributed by atoms with E-state index in [2.05, 4.69) is 37.2 Å². The van der Waals surface area contributed by atoms with E-state index in [4.69, 9.17) is 11.6 Å². The second-order valence-electron chi connectivity index (χ2n) is 4.69. The quantitative estimate of drug-likeness (QED) is 0.617. The molecule has 1 N–H and O–H groups in total. The molecule has 0 fully saturated rings. The minimum absolute atomic E-state index is 0.0260. The van der Waals surface area contributed by atoms with Crippen molar-refractivity contribution in [3.63, 3.8) is 0 Å². The highest BCUT2D eigenvalue weighted by Crippen LogP contribution is 2.31. The zero-order valence-electron chi connectivity index (χ0n) is 11.5. The molecule has 0 spiro atoms. The van der Waals surface area contributed by atoms with Crippen molar-refractivity contribution in [2.24, 2.45) is 0 Å². The van der Waals surface area contributed by atoms with Gasteiger partial charge in [0, 0.05) is 15.5 Å². The predicted octanol–water partition coefficient (Wildman–Crippen LogP) is 5.90. The Labute approximate surface area is 146 Å². The molecule has 0 aromatic heterocycles. The molecule has 0 aliphatic rings. The van der Waals surface area contributed by atoms with Crippen LogP contribution >= 0.6 is 43.5 Å². The molecule has 0 heterocycles. The van der Waals surface area contributed by atoms with Gasteiger partial charge < -0.3 is 5.32 Å². The van der Waals surface area contributed by atoms with Crippen molar-refractivity contribution >= 4 is 43.5 Å². The highest BCUT2D eigenvalue weighted by atomic mass is 79.9. The number of hydrogen-bond donors (Lipinski definition) is 1. The van der Waals surface area contributed by atoms with Gasteiger partial charge in [-0.2, -0.15) is 0 Å². The van der Waals surface area contributed by atoms with Crippen molar-refractivity contribution < 1.29 is 4.39 Å². The highest BCUT2D eigenvalue weighted by Gasteiger charge is 2.17. The lowest BCUT2D eigenvalue weighted by Gasteiger charge is -2.21. The maximum Gasteiger partial charge on any atom is 0.137 e. The average Bonchev–Trinajstić information content (AvgIpc) is 2.46. The molecule has 0 aliphatic carbocycles. The van der Waals surface area contributed by atoms with Crippen LogP contribution in [0.15, 0.2) is 45.3 Å². The van der Waals surface area contributed by atoms with Crippen LogP contribution < -0.4 is 5.32 Å². The Morgan fingerprint density at radius 2 is 2.00 bits per heavy atom. The molecule has 5 heteroatoms. The molecule has 112 valence electrons. The summed E-state index contributed by atoms with van der Waals surface area (Å²) in [5.41, 5.74) is 1.92. The number of likely N-dealkylation sites (N-methyl/N-ethyl adjacent to an activating group) is 1. The van der Waals surface area contributed by atoms with Crippen LogP contribution in [0.5, 0.6) is 0 Å². The third-order valence-electron chi connectivity index (χ3n) is 3.24. The average molecular weight is 436 g/mol. The smallest absolute Gasteiger partial charge is 0.137 e. The van der Waals surface area contributed by atoms with Gasteiger partial charge in [0.1, 0.15) is 5.82 Å². The van der Waals surface area contributed by atoms with Crippen molar-refractivity contribution in [1.82, 2.24) is 5.32 Å². The van der Waals surface area contributed by atoms with Crippen LogP contribution in [0.25, 0.3) is 0 Å². The molecule has 0 saturated heterocycles. The molecule has 2 aromatic rings. The number of hydrogen-bond acceptors (Lipinski definition) is 1. The molecular formula is C16H15Br2ClFN. The summed E-state index contributed by atoms with van der Waals surface area (Å²) in [5, 5.41) is 4.12. The van der Waals surface area contributed by atoms with Crippen LogP contribution in [-0.4, -0.2) is 6.54 Å². The SMILES string of the molecule is CCNC(Cc1cccc(F)c1Br)c1cc(Br)ccc1Cl. The van der Waals surface area contributed by atoms with Gasteiger partial charge in [0.2, 0.25) is 0 Å². The van der Waals surface area contributed by atoms with Crippen LogP contribution in [0.4, 0.5) is 4.39 Å². The summed E-state index contributed by atoms with van der Waals surface area (Å²) in [7, 11) is 0. The monoisotopic (exact) mass is 433 g/mol. The van der Waals surface area contributed by atoms with Crippen molar-refractivity contribution in [2.75, 3.05) is 6.54 Å². The standard InChI is InChI=1S/C16H15Br2ClFN/c1-2-21-15(12-9-11(17)6-7-13(12)19)8-10-4-3-5-14(20)16(10)18/h3-7,9,15,21H,2,8H2,1H3. The van der Waals surface area contributed by atoms with E-state index in [0.29, 0.717) is 15.9 Å². The lowest BCUT2D eigenvalue weighted by molar-refractivity contribution is 0.544. The normalized spacial score (nSPS) is 12.4. The number of halogens is 4. The van der Waals surface area contributed by atoms with E-state index < -0.39 is 0 Å². The number of nitrogens with one attached hydrogen (secondary N) is 1. The van der Waals surface area contributed by atoms with Crippen molar-refractivity contribution in [1.29, 1.82) is 0 Å². The first-order valence-electron chi connectivity index (χ1n) is 6.64. The van der Waals surface area contributed by atoms with E-state index >= 15 is 0 Å². The van der Waals surface area contributed by atoms with Crippen LogP contribution in [0, 0.1) is 5.82 Å². The fourth-order valence-corrected chi connectivity index (χ4v) is 3.30. The van der Waals surface area contributed by atoms with Crippen molar-refractivity contribution in [2.45, 2.75) is 19.4 Å². The summed E-state index contributed by atoms with van der Waals surface area (Å²) in [5.74, 6) is -0.247. The zero-order chi connectivity index (χ0) is 15.4. The van der Waals surface area contributed by atoms with Gasteiger partial charge in [-0.25, -0.2) is 4.39 Å². The van der Waals surface area contributed by atoms with Gasteiger partial charge >= 0.3 is 0 Å². The Balaban J connectivity index is 2.35. The zero-order valence-corrected chi connectivity index (χ0v) is 15.4. The molecular weight excluding hydrogens is 420 g/mol. The lowest BCUT2D eigenvalue weighted by atomic mass is 9.98. The maximum atomic E-state index is 13.7. The van der Waals surface area contributed by atoms with Gasteiger partial charge in [0.05, 0.1) is 4.47 Å². The van der Waals surface area contributed by atoms with Crippen LogP contribution in [0.1, 0.15) is 24.1 Å². The highest BCUT2D eigenvalue weighted by molar-refractivity contribution is 9.10. The fraction of sp³-hybridized carbons (Fsp3) is 0.250. The van der Waals surface area contributed by atoms with E-state index in [-0.39, 0.29) is 11.9 Å². The Morgan fingerprint density at radius 1 is 1.24 bits per heavy atom. The minimum atomic E-state index is -0.247. The van der Waals surface area contributed by atoms with Crippen molar-refractivity contribution in [3.8, 4) is 0 Å². The van der Waals surface area contributed by atoms with Crippen LogP contribution in [0.2, 0.25) is 5.02 Å². The molecule has 0 bridgehead atoms. The molecule has 2 aromatic carbocycles. The Bertz CT molecular complexity index is 634. The molecule has 2 rings (SSSR count). The van der Waals surface area contributed by atoms with E-state index in [9.17, 15) is 4.39 Å². The molecule has 1 unspecified atom stereocenters. The van der Waals surface area contributed by atoms with Gasteiger partial charge in [0.15, 0.2) is 0 Å². The maximum absolute atomic E-state index is 13.7. The summed E-state index contributed by atoms with van der Waals surface area (Å²) >= 11 is 13.1. The molecule has 21 heavy (non-hydrogen) atoms. The van der Waals surface area contributed by atoms with Gasteiger partial charge in [-0.1, -0.05) is 46.6 Å². The van der Waals surface area contributed by atoms with E-state index in [1.807, 2.05) is 31.2 Å². The van der Waals surface area contributed by atoms with Gasteiger partial charge in [0.25, 0.3) is 0 Å². The third kappa shape index (κ3) is 4.28. The molecule has 0 aliphatic heterocycles. The molecule has 0 radical (unpaired) electrons. The topological polar surface area (TPSA) is 12.0 Å². The van der Waals surface area contributed by atoms with E-state index in [0.717, 1.165) is 22.1 Å². The summed E-state index contributed by atoms with van der Waals surface area (Å²) in [6, 6.07) is 10.9. The molecule has 0 saturated carbocycles. The summed E-state index contributed by atoms with van der Waals surface area (Å²) in [4.78, 5) is 0. The summed E-state index contributed by atoms with van der Waals surface area (Å²) in [6.45, 7) is 2.85. The molecule has 0 amide bonds. The number of benzene rings is 2. The first kappa shape index (κ1) is 16.9. The van der Waals surface area contributed by atoms with Gasteiger partial charge in [-0.05, 0) is 64.3 Å². The largest absolute Gasteiger partial charge is 0.310 e. The summed E-state index contributed by atoms with van der Waals surface area (Å²) < 4.78 is 15.1. The Morgan fingerprint density at radius 3 is 2.71 bits per heavy atom. The predicted molar refractivity (Wildman–Crippen MR) is 93.4 cm³/mol. The van der Waals surface area contributed by atoms with Gasteiger partial charge in [-0.3, -0.25) is 0 Å². The number of rotatable bonds is 5. The minimum Gasteiger partial charge on any atom is -0.310 e. The Hall–Kier alpha value is -0.420. The summed E-state index contributed by atoms with van der Waals surface area (Å²) in [6.07, 6.45) is 0.655. The fourth-order valence-electron chi connectivity index (χ4n) is 2.25. The first-order valence-corrected chi connectivity index (χ1v) is 8.60. The second-order valence-corrected chi connectivity index (χ2v) is 6.81. The molecule has 1 atom stereocenters. The Kier molecular flexibility index (Phi) is 6.23.